The summed E-state index contributed by atoms with van der Waals surface area (Å²) in [6.45, 7) is 6.64. The zero-order valence-corrected chi connectivity index (χ0v) is 16.3. The van der Waals surface area contributed by atoms with Crippen molar-refractivity contribution in [3.63, 3.8) is 0 Å². The van der Waals surface area contributed by atoms with Gasteiger partial charge in [0.15, 0.2) is 0 Å². The van der Waals surface area contributed by atoms with E-state index in [1.54, 1.807) is 4.90 Å². The zero-order chi connectivity index (χ0) is 19.4. The molecule has 4 nitrogen and oxygen atoms in total. The molecule has 1 aliphatic heterocycles. The third-order valence-corrected chi connectivity index (χ3v) is 5.24. The van der Waals surface area contributed by atoms with E-state index < -0.39 is 5.92 Å². The Kier molecular flexibility index (Phi) is 5.94. The Morgan fingerprint density at radius 2 is 1.63 bits per heavy atom. The molecule has 3 rings (SSSR count). The summed E-state index contributed by atoms with van der Waals surface area (Å²) in [5.74, 6) is -0.236. The molecule has 0 aliphatic carbocycles. The normalized spacial score (nSPS) is 16.6. The molecule has 1 amide bonds. The van der Waals surface area contributed by atoms with Crippen LogP contribution in [-0.4, -0.2) is 18.4 Å². The van der Waals surface area contributed by atoms with Crippen LogP contribution in [0.4, 0.5) is 5.69 Å². The topological polar surface area (TPSA) is 46.6 Å². The fourth-order valence-corrected chi connectivity index (χ4v) is 3.64. The summed E-state index contributed by atoms with van der Waals surface area (Å²) in [7, 11) is 0. The number of para-hydroxylation sites is 1. The van der Waals surface area contributed by atoms with Crippen molar-refractivity contribution in [2.75, 3.05) is 11.4 Å². The number of nitrogens with zero attached hydrogens (tertiary/aromatic N) is 1. The van der Waals surface area contributed by atoms with Crippen LogP contribution in [0.3, 0.4) is 0 Å². The van der Waals surface area contributed by atoms with Crippen LogP contribution in [0.15, 0.2) is 42.5 Å². The molecule has 1 atom stereocenters. The Hall–Kier alpha value is -2.62. The van der Waals surface area contributed by atoms with Gasteiger partial charge in [0.2, 0.25) is 5.91 Å². The van der Waals surface area contributed by atoms with Gasteiger partial charge in [-0.05, 0) is 48.1 Å². The van der Waals surface area contributed by atoms with Crippen LogP contribution in [-0.2, 0) is 28.9 Å². The second kappa shape index (κ2) is 8.38. The summed E-state index contributed by atoms with van der Waals surface area (Å²) < 4.78 is 5.53. The van der Waals surface area contributed by atoms with E-state index in [9.17, 15) is 9.59 Å². The van der Waals surface area contributed by atoms with Crippen LogP contribution >= 0.6 is 0 Å². The van der Waals surface area contributed by atoms with Crippen molar-refractivity contribution in [2.24, 2.45) is 5.92 Å². The summed E-state index contributed by atoms with van der Waals surface area (Å²) in [4.78, 5) is 27.1. The summed E-state index contributed by atoms with van der Waals surface area (Å²) in [6.07, 6.45) is 2.85. The summed E-state index contributed by atoms with van der Waals surface area (Å²) >= 11 is 0. The van der Waals surface area contributed by atoms with E-state index >= 15 is 0 Å². The first-order valence-electron chi connectivity index (χ1n) is 9.79. The average molecular weight is 365 g/mol. The van der Waals surface area contributed by atoms with Gasteiger partial charge in [0.05, 0.1) is 5.92 Å². The van der Waals surface area contributed by atoms with E-state index in [4.69, 9.17) is 4.74 Å². The summed E-state index contributed by atoms with van der Waals surface area (Å²) in [6, 6.07) is 13.7. The van der Waals surface area contributed by atoms with E-state index in [1.165, 1.54) is 5.56 Å². The minimum Gasteiger partial charge on any atom is -0.426 e. The Morgan fingerprint density at radius 3 is 2.19 bits per heavy atom. The molecular weight excluding hydrogens is 338 g/mol. The third-order valence-electron chi connectivity index (χ3n) is 5.24. The molecule has 0 saturated carbocycles. The molecule has 142 valence electrons. The fourth-order valence-electron chi connectivity index (χ4n) is 3.64. The highest BCUT2D eigenvalue weighted by Gasteiger charge is 2.37. The van der Waals surface area contributed by atoms with Gasteiger partial charge in [-0.2, -0.15) is 0 Å². The quantitative estimate of drug-likeness (QED) is 0.565. The standard InChI is InChI=1S/C23H27NO3/c1-4-16-10-12-20(13-11-16)27-23(26)19-14-21(25)24(15-19)22-17(5-2)8-7-9-18(22)6-3/h7-13,19H,4-6,14-15H2,1-3H3/t19-/m1/s1. The monoisotopic (exact) mass is 365 g/mol. The number of hydrogen-bond donors (Lipinski definition) is 0. The van der Waals surface area contributed by atoms with Crippen LogP contribution in [0.25, 0.3) is 0 Å². The van der Waals surface area contributed by atoms with Gasteiger partial charge in [-0.1, -0.05) is 51.1 Å². The number of anilines is 1. The second-order valence-electron chi connectivity index (χ2n) is 6.96. The number of rotatable bonds is 6. The first-order valence-corrected chi connectivity index (χ1v) is 9.79. The third kappa shape index (κ3) is 4.05. The highest BCUT2D eigenvalue weighted by atomic mass is 16.5. The van der Waals surface area contributed by atoms with E-state index in [1.807, 2.05) is 30.3 Å². The van der Waals surface area contributed by atoms with Crippen molar-refractivity contribution in [1.82, 2.24) is 0 Å². The molecule has 1 fully saturated rings. The molecule has 0 radical (unpaired) electrons. The average Bonchev–Trinajstić information content (AvgIpc) is 3.09. The number of aryl methyl sites for hydroxylation is 3. The molecule has 0 N–H and O–H groups in total. The number of amides is 1. The first-order chi connectivity index (χ1) is 13.1. The zero-order valence-electron chi connectivity index (χ0n) is 16.3. The van der Waals surface area contributed by atoms with Crippen molar-refractivity contribution in [3.05, 3.63) is 59.2 Å². The fraction of sp³-hybridized carbons (Fsp3) is 0.391. The highest BCUT2D eigenvalue weighted by Crippen LogP contribution is 2.33. The molecule has 4 heteroatoms. The van der Waals surface area contributed by atoms with Crippen molar-refractivity contribution in [3.8, 4) is 5.75 Å². The van der Waals surface area contributed by atoms with Crippen molar-refractivity contribution in [1.29, 1.82) is 0 Å². The van der Waals surface area contributed by atoms with Crippen LogP contribution in [0.5, 0.6) is 5.75 Å². The lowest BCUT2D eigenvalue weighted by molar-refractivity contribution is -0.139. The number of esters is 1. The van der Waals surface area contributed by atoms with E-state index in [0.29, 0.717) is 12.3 Å². The molecule has 1 heterocycles. The molecule has 2 aromatic carbocycles. The van der Waals surface area contributed by atoms with Gasteiger partial charge in [-0.25, -0.2) is 0 Å². The second-order valence-corrected chi connectivity index (χ2v) is 6.96. The van der Waals surface area contributed by atoms with Crippen molar-refractivity contribution in [2.45, 2.75) is 46.5 Å². The van der Waals surface area contributed by atoms with Crippen molar-refractivity contribution >= 4 is 17.6 Å². The Morgan fingerprint density at radius 1 is 1.00 bits per heavy atom. The summed E-state index contributed by atoms with van der Waals surface area (Å²) in [5.41, 5.74) is 4.47. The predicted octanol–water partition coefficient (Wildman–Crippen LogP) is 4.33. The smallest absolute Gasteiger partial charge is 0.316 e. The van der Waals surface area contributed by atoms with Crippen LogP contribution < -0.4 is 9.64 Å². The Balaban J connectivity index is 1.76. The number of carbonyl (C=O) groups excluding carboxylic acids is 2. The van der Waals surface area contributed by atoms with Crippen LogP contribution in [0, 0.1) is 5.92 Å². The van der Waals surface area contributed by atoms with Gasteiger partial charge in [-0.15, -0.1) is 0 Å². The first kappa shape index (κ1) is 19.2. The minimum absolute atomic E-state index is 0.00567. The molecule has 0 unspecified atom stereocenters. The maximum absolute atomic E-state index is 12.7. The lowest BCUT2D eigenvalue weighted by Gasteiger charge is -2.23. The minimum atomic E-state index is -0.432. The van der Waals surface area contributed by atoms with E-state index in [2.05, 4.69) is 32.9 Å². The van der Waals surface area contributed by atoms with Crippen molar-refractivity contribution < 1.29 is 14.3 Å². The molecule has 0 spiro atoms. The van der Waals surface area contributed by atoms with E-state index in [0.717, 1.165) is 36.1 Å². The Bertz CT molecular complexity index is 804. The van der Waals surface area contributed by atoms with Crippen LogP contribution in [0.2, 0.25) is 0 Å². The van der Waals surface area contributed by atoms with Gasteiger partial charge >= 0.3 is 5.97 Å². The van der Waals surface area contributed by atoms with Gasteiger partial charge in [0.25, 0.3) is 0 Å². The van der Waals surface area contributed by atoms with Gasteiger partial charge in [0.1, 0.15) is 5.75 Å². The summed E-state index contributed by atoms with van der Waals surface area (Å²) in [5, 5.41) is 0. The Labute approximate surface area is 161 Å². The van der Waals surface area contributed by atoms with Gasteiger partial charge in [-0.3, -0.25) is 9.59 Å². The van der Waals surface area contributed by atoms with Gasteiger partial charge < -0.3 is 9.64 Å². The maximum Gasteiger partial charge on any atom is 0.316 e. The maximum atomic E-state index is 12.7. The lowest BCUT2D eigenvalue weighted by Crippen LogP contribution is -2.29. The van der Waals surface area contributed by atoms with E-state index in [-0.39, 0.29) is 18.3 Å². The van der Waals surface area contributed by atoms with Crippen LogP contribution in [0.1, 0.15) is 43.9 Å². The number of carbonyl (C=O) groups is 2. The van der Waals surface area contributed by atoms with Gasteiger partial charge in [0, 0.05) is 18.7 Å². The lowest BCUT2D eigenvalue weighted by atomic mass is 10.0. The number of ether oxygens (including phenoxy) is 1. The molecule has 27 heavy (non-hydrogen) atoms. The molecule has 1 saturated heterocycles. The molecular formula is C23H27NO3. The molecule has 2 aromatic rings. The SMILES string of the molecule is CCc1ccc(OC(=O)[C@@H]2CC(=O)N(c3c(CC)cccc3CC)C2)cc1. The number of benzene rings is 2. The number of hydrogen-bond acceptors (Lipinski definition) is 3. The largest absolute Gasteiger partial charge is 0.426 e. The molecule has 1 aliphatic rings. The molecule has 0 bridgehead atoms. The molecule has 0 aromatic heterocycles. The predicted molar refractivity (Wildman–Crippen MR) is 107 cm³/mol. The highest BCUT2D eigenvalue weighted by molar-refractivity contribution is 6.00.